The molecule has 25 heavy (non-hydrogen) atoms. The summed E-state index contributed by atoms with van der Waals surface area (Å²) in [5.41, 5.74) is 3.91. The first-order valence-corrected chi connectivity index (χ1v) is 8.86. The van der Waals surface area contributed by atoms with Crippen LogP contribution in [0.25, 0.3) is 0 Å². The van der Waals surface area contributed by atoms with Crippen molar-refractivity contribution in [2.75, 3.05) is 27.9 Å². The Morgan fingerprint density at radius 1 is 0.920 bits per heavy atom. The summed E-state index contributed by atoms with van der Waals surface area (Å²) in [6.45, 7) is 4.98. The molecule has 4 nitrogen and oxygen atoms in total. The van der Waals surface area contributed by atoms with Gasteiger partial charge in [0.2, 0.25) is 0 Å². The summed E-state index contributed by atoms with van der Waals surface area (Å²) in [6.07, 6.45) is 1.95. The SMILES string of the molecule is CC.COc1ccc(CC2NCCc3cc(OC)c(OC)cc32)cc1. The van der Waals surface area contributed by atoms with Crippen LogP contribution in [-0.2, 0) is 12.8 Å². The predicted molar refractivity (Wildman–Crippen MR) is 102 cm³/mol. The summed E-state index contributed by atoms with van der Waals surface area (Å²) < 4.78 is 16.1. The van der Waals surface area contributed by atoms with Crippen LogP contribution in [0.3, 0.4) is 0 Å². The van der Waals surface area contributed by atoms with Crippen LogP contribution >= 0.6 is 0 Å². The zero-order valence-electron chi connectivity index (χ0n) is 15.9. The third-order valence-corrected chi connectivity index (χ3v) is 4.40. The molecule has 0 radical (unpaired) electrons. The molecule has 0 amide bonds. The number of ether oxygens (including phenoxy) is 3. The number of hydrogen-bond donors (Lipinski definition) is 1. The van der Waals surface area contributed by atoms with Gasteiger partial charge in [-0.2, -0.15) is 0 Å². The molecule has 1 heterocycles. The second kappa shape index (κ2) is 9.33. The number of nitrogens with one attached hydrogen (secondary N) is 1. The molecule has 0 spiro atoms. The first-order valence-electron chi connectivity index (χ1n) is 8.86. The minimum absolute atomic E-state index is 0.284. The molecule has 0 aliphatic carbocycles. The number of benzene rings is 2. The largest absolute Gasteiger partial charge is 0.497 e. The normalized spacial score (nSPS) is 15.5. The standard InChI is InChI=1S/C19H23NO3.C2H6/c1-21-15-6-4-13(5-7-15)10-17-16-12-19(23-3)18(22-2)11-14(16)8-9-20-17;1-2/h4-7,11-12,17,20H,8-10H2,1-3H3;1-2H3. The van der Waals surface area contributed by atoms with Gasteiger partial charge in [-0.15, -0.1) is 0 Å². The fourth-order valence-electron chi connectivity index (χ4n) is 3.15. The molecule has 1 N–H and O–H groups in total. The fourth-order valence-corrected chi connectivity index (χ4v) is 3.15. The maximum absolute atomic E-state index is 5.46. The van der Waals surface area contributed by atoms with Gasteiger partial charge in [-0.05, 0) is 60.3 Å². The summed E-state index contributed by atoms with van der Waals surface area (Å²) in [6, 6.07) is 12.8. The van der Waals surface area contributed by atoms with E-state index >= 15 is 0 Å². The Labute approximate surface area is 151 Å². The third-order valence-electron chi connectivity index (χ3n) is 4.40. The Kier molecular flexibility index (Phi) is 7.14. The van der Waals surface area contributed by atoms with Gasteiger partial charge < -0.3 is 19.5 Å². The molecule has 0 saturated carbocycles. The zero-order chi connectivity index (χ0) is 18.2. The van der Waals surface area contributed by atoms with E-state index in [1.807, 2.05) is 26.0 Å². The van der Waals surface area contributed by atoms with Crippen LogP contribution in [-0.4, -0.2) is 27.9 Å². The Balaban J connectivity index is 0.00000109. The number of fused-ring (bicyclic) bond motifs is 1. The van der Waals surface area contributed by atoms with E-state index in [4.69, 9.17) is 14.2 Å². The minimum Gasteiger partial charge on any atom is -0.497 e. The smallest absolute Gasteiger partial charge is 0.161 e. The predicted octanol–water partition coefficient (Wildman–Crippen LogP) is 4.17. The van der Waals surface area contributed by atoms with E-state index in [1.165, 1.54) is 16.7 Å². The van der Waals surface area contributed by atoms with E-state index in [0.717, 1.165) is 36.6 Å². The highest BCUT2D eigenvalue weighted by molar-refractivity contribution is 5.49. The van der Waals surface area contributed by atoms with Gasteiger partial charge in [0.1, 0.15) is 5.75 Å². The number of rotatable bonds is 5. The Morgan fingerprint density at radius 3 is 2.16 bits per heavy atom. The Morgan fingerprint density at radius 2 is 1.56 bits per heavy atom. The molecule has 4 heteroatoms. The van der Waals surface area contributed by atoms with Crippen molar-refractivity contribution in [2.24, 2.45) is 0 Å². The van der Waals surface area contributed by atoms with E-state index in [9.17, 15) is 0 Å². The van der Waals surface area contributed by atoms with Crippen LogP contribution in [0, 0.1) is 0 Å². The fraction of sp³-hybridized carbons (Fsp3) is 0.429. The molecule has 1 unspecified atom stereocenters. The first-order chi connectivity index (χ1) is 12.2. The summed E-state index contributed by atoms with van der Waals surface area (Å²) in [7, 11) is 5.05. The van der Waals surface area contributed by atoms with Crippen LogP contribution in [0.4, 0.5) is 0 Å². The molecule has 0 aromatic heterocycles. The first kappa shape index (κ1) is 19.1. The maximum atomic E-state index is 5.46. The second-order valence-electron chi connectivity index (χ2n) is 5.71. The summed E-state index contributed by atoms with van der Waals surface area (Å²) in [5.74, 6) is 2.48. The number of methoxy groups -OCH3 is 3. The number of hydrogen-bond acceptors (Lipinski definition) is 4. The molecule has 3 rings (SSSR count). The van der Waals surface area contributed by atoms with Crippen molar-refractivity contribution in [3.63, 3.8) is 0 Å². The van der Waals surface area contributed by atoms with Crippen molar-refractivity contribution in [3.05, 3.63) is 53.1 Å². The lowest BCUT2D eigenvalue weighted by Crippen LogP contribution is -2.31. The molecule has 0 fully saturated rings. The van der Waals surface area contributed by atoms with Gasteiger partial charge >= 0.3 is 0 Å². The van der Waals surface area contributed by atoms with E-state index in [2.05, 4.69) is 29.6 Å². The topological polar surface area (TPSA) is 39.7 Å². The van der Waals surface area contributed by atoms with Gasteiger partial charge in [0.25, 0.3) is 0 Å². The summed E-state index contributed by atoms with van der Waals surface area (Å²) in [5, 5.41) is 3.61. The lowest BCUT2D eigenvalue weighted by molar-refractivity contribution is 0.352. The second-order valence-corrected chi connectivity index (χ2v) is 5.71. The minimum atomic E-state index is 0.284. The van der Waals surface area contributed by atoms with Gasteiger partial charge in [-0.1, -0.05) is 26.0 Å². The lowest BCUT2D eigenvalue weighted by atomic mass is 9.90. The van der Waals surface area contributed by atoms with Gasteiger partial charge in [0, 0.05) is 6.04 Å². The van der Waals surface area contributed by atoms with Gasteiger partial charge in [-0.25, -0.2) is 0 Å². The van der Waals surface area contributed by atoms with Crippen molar-refractivity contribution in [3.8, 4) is 17.2 Å². The van der Waals surface area contributed by atoms with Crippen LogP contribution < -0.4 is 19.5 Å². The van der Waals surface area contributed by atoms with Crippen LogP contribution in [0.5, 0.6) is 17.2 Å². The average Bonchev–Trinajstić information content (AvgIpc) is 2.69. The molecule has 0 bridgehead atoms. The summed E-state index contributed by atoms with van der Waals surface area (Å²) >= 11 is 0. The zero-order valence-corrected chi connectivity index (χ0v) is 15.9. The van der Waals surface area contributed by atoms with Crippen molar-refractivity contribution >= 4 is 0 Å². The van der Waals surface area contributed by atoms with Gasteiger partial charge in [0.05, 0.1) is 21.3 Å². The molecule has 136 valence electrons. The van der Waals surface area contributed by atoms with Gasteiger partial charge in [0.15, 0.2) is 11.5 Å². The van der Waals surface area contributed by atoms with Crippen molar-refractivity contribution < 1.29 is 14.2 Å². The van der Waals surface area contributed by atoms with E-state index in [0.29, 0.717) is 0 Å². The molecule has 1 atom stereocenters. The quantitative estimate of drug-likeness (QED) is 0.884. The van der Waals surface area contributed by atoms with Gasteiger partial charge in [-0.3, -0.25) is 0 Å². The Bertz CT molecular complexity index is 668. The molecule has 1 aliphatic heterocycles. The van der Waals surface area contributed by atoms with Crippen LogP contribution in [0.1, 0.15) is 36.6 Å². The lowest BCUT2D eigenvalue weighted by Gasteiger charge is -2.28. The molecule has 2 aromatic carbocycles. The van der Waals surface area contributed by atoms with Crippen molar-refractivity contribution in [2.45, 2.75) is 32.7 Å². The third kappa shape index (κ3) is 4.45. The van der Waals surface area contributed by atoms with E-state index < -0.39 is 0 Å². The molecular weight excluding hydrogens is 314 g/mol. The van der Waals surface area contributed by atoms with Crippen LogP contribution in [0.2, 0.25) is 0 Å². The molecule has 1 aliphatic rings. The molecule has 2 aromatic rings. The van der Waals surface area contributed by atoms with Crippen LogP contribution in [0.15, 0.2) is 36.4 Å². The van der Waals surface area contributed by atoms with E-state index in [-0.39, 0.29) is 6.04 Å². The highest BCUT2D eigenvalue weighted by atomic mass is 16.5. The average molecular weight is 343 g/mol. The maximum Gasteiger partial charge on any atom is 0.161 e. The molecular formula is C21H29NO3. The highest BCUT2D eigenvalue weighted by Crippen LogP contribution is 2.36. The Hall–Kier alpha value is -2.20. The highest BCUT2D eigenvalue weighted by Gasteiger charge is 2.22. The van der Waals surface area contributed by atoms with Crippen molar-refractivity contribution in [1.82, 2.24) is 5.32 Å². The van der Waals surface area contributed by atoms with E-state index in [1.54, 1.807) is 21.3 Å². The monoisotopic (exact) mass is 343 g/mol. The van der Waals surface area contributed by atoms with Crippen molar-refractivity contribution in [1.29, 1.82) is 0 Å². The summed E-state index contributed by atoms with van der Waals surface area (Å²) in [4.78, 5) is 0. The molecule has 0 saturated heterocycles.